The Labute approximate surface area is 156 Å². The summed E-state index contributed by atoms with van der Waals surface area (Å²) in [7, 11) is 0. The molecule has 4 heteroatoms. The highest BCUT2D eigenvalue weighted by Gasteiger charge is 2.34. The first-order chi connectivity index (χ1) is 12.4. The maximum atomic E-state index is 12.8. The number of hydrogen-bond acceptors (Lipinski definition) is 4. The third-order valence-electron chi connectivity index (χ3n) is 5.87. The summed E-state index contributed by atoms with van der Waals surface area (Å²) >= 11 is 0. The molecule has 142 valence electrons. The van der Waals surface area contributed by atoms with Crippen LogP contribution < -0.4 is 0 Å². The van der Waals surface area contributed by atoms with Gasteiger partial charge in [0.15, 0.2) is 0 Å². The van der Waals surface area contributed by atoms with Crippen LogP contribution in [0.25, 0.3) is 0 Å². The first-order valence-electron chi connectivity index (χ1n) is 9.97. The number of rotatable bonds is 4. The molecule has 0 aromatic heterocycles. The van der Waals surface area contributed by atoms with Crippen molar-refractivity contribution >= 4 is 11.9 Å². The lowest BCUT2D eigenvalue weighted by Gasteiger charge is -2.34. The highest BCUT2D eigenvalue weighted by Crippen LogP contribution is 2.34. The van der Waals surface area contributed by atoms with Gasteiger partial charge in [0, 0.05) is 0 Å². The van der Waals surface area contributed by atoms with Crippen LogP contribution in [0.4, 0.5) is 0 Å². The molecule has 0 unspecified atom stereocenters. The lowest BCUT2D eigenvalue weighted by atomic mass is 9.86. The Hall–Kier alpha value is -1.84. The van der Waals surface area contributed by atoms with Crippen LogP contribution in [0.5, 0.6) is 0 Å². The normalized spacial score (nSPS) is 21.6. The quantitative estimate of drug-likeness (QED) is 0.672. The van der Waals surface area contributed by atoms with Crippen LogP contribution in [0, 0.1) is 0 Å². The summed E-state index contributed by atoms with van der Waals surface area (Å²) in [6.45, 7) is 3.99. The second-order valence-corrected chi connectivity index (χ2v) is 8.35. The van der Waals surface area contributed by atoms with Crippen LogP contribution >= 0.6 is 0 Å². The van der Waals surface area contributed by atoms with Gasteiger partial charge in [-0.2, -0.15) is 0 Å². The van der Waals surface area contributed by atoms with Gasteiger partial charge in [0.25, 0.3) is 0 Å². The van der Waals surface area contributed by atoms with E-state index in [0.717, 1.165) is 51.4 Å². The lowest BCUT2D eigenvalue weighted by molar-refractivity contribution is -0.0311. The lowest BCUT2D eigenvalue weighted by Crippen LogP contribution is -2.36. The number of benzene rings is 1. The summed E-state index contributed by atoms with van der Waals surface area (Å²) in [6.07, 6.45) is 10.2. The van der Waals surface area contributed by atoms with E-state index >= 15 is 0 Å². The van der Waals surface area contributed by atoms with Crippen molar-refractivity contribution in [2.24, 2.45) is 0 Å². The van der Waals surface area contributed by atoms with E-state index in [1.807, 2.05) is 13.8 Å². The van der Waals surface area contributed by atoms with Crippen molar-refractivity contribution in [1.29, 1.82) is 0 Å². The molecule has 1 aromatic rings. The smallest absolute Gasteiger partial charge is 0.339 e. The molecule has 0 spiro atoms. The number of ether oxygens (including phenoxy) is 2. The van der Waals surface area contributed by atoms with Gasteiger partial charge in [-0.15, -0.1) is 0 Å². The summed E-state index contributed by atoms with van der Waals surface area (Å²) in [5, 5.41) is 0. The number of hydrogen-bond donors (Lipinski definition) is 0. The fourth-order valence-corrected chi connectivity index (χ4v) is 4.20. The average Bonchev–Trinajstić information content (AvgIpc) is 2.62. The van der Waals surface area contributed by atoms with Gasteiger partial charge in [-0.1, -0.05) is 25.0 Å². The summed E-state index contributed by atoms with van der Waals surface area (Å²) in [4.78, 5) is 25.6. The Bertz CT molecular complexity index is 595. The van der Waals surface area contributed by atoms with Crippen LogP contribution in [-0.2, 0) is 9.47 Å². The van der Waals surface area contributed by atoms with Crippen molar-refractivity contribution in [1.82, 2.24) is 0 Å². The van der Waals surface area contributed by atoms with Gasteiger partial charge < -0.3 is 9.47 Å². The largest absolute Gasteiger partial charge is 0.456 e. The first kappa shape index (κ1) is 18.9. The van der Waals surface area contributed by atoms with Crippen molar-refractivity contribution in [3.05, 3.63) is 35.4 Å². The zero-order chi connectivity index (χ0) is 18.6. The van der Waals surface area contributed by atoms with Gasteiger partial charge in [0.1, 0.15) is 11.2 Å². The second-order valence-electron chi connectivity index (χ2n) is 8.35. The third-order valence-corrected chi connectivity index (χ3v) is 5.87. The zero-order valence-corrected chi connectivity index (χ0v) is 16.0. The Kier molecular flexibility index (Phi) is 5.69. The van der Waals surface area contributed by atoms with E-state index in [1.54, 1.807) is 24.3 Å². The maximum absolute atomic E-state index is 12.8. The molecule has 2 aliphatic carbocycles. The van der Waals surface area contributed by atoms with Crippen molar-refractivity contribution < 1.29 is 19.1 Å². The predicted octanol–water partition coefficient (Wildman–Crippen LogP) is 5.45. The summed E-state index contributed by atoms with van der Waals surface area (Å²) in [5.41, 5.74) is -0.240. The highest BCUT2D eigenvalue weighted by molar-refractivity contribution is 6.03. The van der Waals surface area contributed by atoms with Crippen molar-refractivity contribution in [2.75, 3.05) is 0 Å². The van der Waals surface area contributed by atoms with Gasteiger partial charge >= 0.3 is 11.9 Å². The Balaban J connectivity index is 1.74. The average molecular weight is 358 g/mol. The van der Waals surface area contributed by atoms with Crippen LogP contribution in [0.3, 0.4) is 0 Å². The predicted molar refractivity (Wildman–Crippen MR) is 100 cm³/mol. The van der Waals surface area contributed by atoms with E-state index in [2.05, 4.69) is 0 Å². The van der Waals surface area contributed by atoms with Gasteiger partial charge in [-0.25, -0.2) is 9.59 Å². The zero-order valence-electron chi connectivity index (χ0n) is 16.0. The molecule has 2 aliphatic rings. The van der Waals surface area contributed by atoms with Crippen LogP contribution in [0.1, 0.15) is 98.8 Å². The van der Waals surface area contributed by atoms with Gasteiger partial charge in [0.05, 0.1) is 11.1 Å². The molecule has 2 fully saturated rings. The first-order valence-corrected chi connectivity index (χ1v) is 9.97. The molecular formula is C22H30O4. The van der Waals surface area contributed by atoms with Gasteiger partial charge in [-0.05, 0) is 77.3 Å². The van der Waals surface area contributed by atoms with Gasteiger partial charge in [-0.3, -0.25) is 0 Å². The minimum absolute atomic E-state index is 0.309. The molecule has 3 rings (SSSR count). The Morgan fingerprint density at radius 3 is 1.38 bits per heavy atom. The molecule has 26 heavy (non-hydrogen) atoms. The molecule has 0 amide bonds. The SMILES string of the molecule is CC1(OC(=O)c2ccccc2C(=O)OC2(C)CCCCC2)CCCCC1. The van der Waals surface area contributed by atoms with E-state index in [1.165, 1.54) is 12.8 Å². The molecule has 2 saturated carbocycles. The molecule has 1 aromatic carbocycles. The van der Waals surface area contributed by atoms with Gasteiger partial charge in [0.2, 0.25) is 0 Å². The third kappa shape index (κ3) is 4.46. The minimum atomic E-state index is -0.429. The number of esters is 2. The molecule has 0 bridgehead atoms. The summed E-state index contributed by atoms with van der Waals surface area (Å²) in [6, 6.07) is 6.85. The molecule has 0 N–H and O–H groups in total. The topological polar surface area (TPSA) is 52.6 Å². The van der Waals surface area contributed by atoms with Crippen molar-refractivity contribution in [2.45, 2.75) is 89.3 Å². The maximum Gasteiger partial charge on any atom is 0.339 e. The van der Waals surface area contributed by atoms with Crippen LogP contribution in [0.2, 0.25) is 0 Å². The van der Waals surface area contributed by atoms with Crippen molar-refractivity contribution in [3.8, 4) is 0 Å². The van der Waals surface area contributed by atoms with E-state index in [-0.39, 0.29) is 0 Å². The molecule has 0 aliphatic heterocycles. The fourth-order valence-electron chi connectivity index (χ4n) is 4.20. The summed E-state index contributed by atoms with van der Waals surface area (Å²) in [5.74, 6) is -0.841. The summed E-state index contributed by atoms with van der Waals surface area (Å²) < 4.78 is 11.6. The Morgan fingerprint density at radius 2 is 1.04 bits per heavy atom. The second kappa shape index (κ2) is 7.81. The number of carbonyl (C=O) groups is 2. The number of carbonyl (C=O) groups excluding carboxylic acids is 2. The molecule has 0 atom stereocenters. The van der Waals surface area contributed by atoms with Crippen LogP contribution in [0.15, 0.2) is 24.3 Å². The molecule has 0 heterocycles. The van der Waals surface area contributed by atoms with E-state index in [9.17, 15) is 9.59 Å². The minimum Gasteiger partial charge on any atom is -0.456 e. The monoisotopic (exact) mass is 358 g/mol. The highest BCUT2D eigenvalue weighted by atomic mass is 16.6. The standard InChI is InChI=1S/C22H30O4/c1-21(13-7-3-8-14-21)25-19(23)17-11-5-6-12-18(17)20(24)26-22(2)15-9-4-10-16-22/h5-6,11-12H,3-4,7-10,13-16H2,1-2H3. The van der Waals surface area contributed by atoms with E-state index in [4.69, 9.17) is 9.47 Å². The Morgan fingerprint density at radius 1 is 0.692 bits per heavy atom. The van der Waals surface area contributed by atoms with E-state index < -0.39 is 23.1 Å². The molecule has 4 nitrogen and oxygen atoms in total. The molecule has 0 radical (unpaired) electrons. The van der Waals surface area contributed by atoms with Crippen LogP contribution in [-0.4, -0.2) is 23.1 Å². The fraction of sp³-hybridized carbons (Fsp3) is 0.636. The molecular weight excluding hydrogens is 328 g/mol. The molecule has 0 saturated heterocycles. The van der Waals surface area contributed by atoms with E-state index in [0.29, 0.717) is 11.1 Å². The van der Waals surface area contributed by atoms with Crippen molar-refractivity contribution in [3.63, 3.8) is 0 Å².